The summed E-state index contributed by atoms with van der Waals surface area (Å²) in [7, 11) is 0. The van der Waals surface area contributed by atoms with Crippen molar-refractivity contribution in [1.82, 2.24) is 9.88 Å². The van der Waals surface area contributed by atoms with Gasteiger partial charge in [-0.1, -0.05) is 41.6 Å². The molecule has 1 N–H and O–H groups in total. The highest BCUT2D eigenvalue weighted by atomic mass is 32.2. The second-order valence-electron chi connectivity index (χ2n) is 7.64. The summed E-state index contributed by atoms with van der Waals surface area (Å²) in [5, 5.41) is 13.4. The van der Waals surface area contributed by atoms with E-state index in [2.05, 4.69) is 15.3 Å². The van der Waals surface area contributed by atoms with Gasteiger partial charge < -0.3 is 5.32 Å². The Morgan fingerprint density at radius 2 is 1.97 bits per heavy atom. The van der Waals surface area contributed by atoms with Gasteiger partial charge in [-0.3, -0.25) is 29.6 Å². The lowest BCUT2D eigenvalue weighted by Crippen LogP contribution is -2.33. The van der Waals surface area contributed by atoms with Gasteiger partial charge in [0.25, 0.3) is 5.69 Å². The number of pyridine rings is 1. The Balaban J connectivity index is 1.52. The standard InChI is InChI=1S/C24H21N5O4S/c1-16-8-10-17(11-9-16)27-24-28(15-19-5-2-3-12-25-19)23(31)21(34-24)14-22(30)26-18-6-4-7-20(13-18)29(32)33/h2-13,21H,14-15H2,1H3,(H,26,30). The van der Waals surface area contributed by atoms with Crippen molar-refractivity contribution in [1.29, 1.82) is 0 Å². The number of nitro benzene ring substituents is 1. The zero-order valence-corrected chi connectivity index (χ0v) is 19.1. The summed E-state index contributed by atoms with van der Waals surface area (Å²) in [6.45, 7) is 2.22. The molecule has 0 radical (unpaired) electrons. The fraction of sp³-hybridized carbons (Fsp3) is 0.167. The van der Waals surface area contributed by atoms with Crippen LogP contribution in [0.5, 0.6) is 0 Å². The van der Waals surface area contributed by atoms with Crippen LogP contribution in [0.2, 0.25) is 0 Å². The molecule has 1 atom stereocenters. The number of rotatable bonds is 7. The predicted octanol–water partition coefficient (Wildman–Crippen LogP) is 4.46. The third kappa shape index (κ3) is 5.65. The number of aryl methyl sites for hydroxylation is 1. The number of carbonyl (C=O) groups excluding carboxylic acids is 2. The number of amidine groups is 1. The molecule has 10 heteroatoms. The topological polar surface area (TPSA) is 118 Å². The maximum absolute atomic E-state index is 13.2. The van der Waals surface area contributed by atoms with Crippen LogP contribution in [0.1, 0.15) is 17.7 Å². The van der Waals surface area contributed by atoms with E-state index in [4.69, 9.17) is 0 Å². The summed E-state index contributed by atoms with van der Waals surface area (Å²) in [6, 6.07) is 18.8. The SMILES string of the molecule is Cc1ccc(N=C2SC(CC(=O)Nc3cccc([N+](=O)[O-])c3)C(=O)N2Cc2ccccn2)cc1. The number of aromatic nitrogens is 1. The molecule has 34 heavy (non-hydrogen) atoms. The molecule has 0 spiro atoms. The number of thioether (sulfide) groups is 1. The Kier molecular flexibility index (Phi) is 6.98. The second-order valence-corrected chi connectivity index (χ2v) is 8.81. The third-order valence-corrected chi connectivity index (χ3v) is 6.21. The van der Waals surface area contributed by atoms with Crippen LogP contribution >= 0.6 is 11.8 Å². The molecule has 2 amide bonds. The minimum atomic E-state index is -0.674. The fourth-order valence-electron chi connectivity index (χ4n) is 3.33. The third-order valence-electron chi connectivity index (χ3n) is 5.04. The highest BCUT2D eigenvalue weighted by Gasteiger charge is 2.39. The van der Waals surface area contributed by atoms with Gasteiger partial charge in [0, 0.05) is 30.4 Å². The van der Waals surface area contributed by atoms with Crippen molar-refractivity contribution < 1.29 is 14.5 Å². The maximum Gasteiger partial charge on any atom is 0.271 e. The number of nitrogens with zero attached hydrogens (tertiary/aromatic N) is 4. The number of benzene rings is 2. The lowest BCUT2D eigenvalue weighted by molar-refractivity contribution is -0.384. The Hall–Kier alpha value is -4.05. The molecule has 172 valence electrons. The van der Waals surface area contributed by atoms with Crippen LogP contribution < -0.4 is 5.32 Å². The van der Waals surface area contributed by atoms with E-state index in [1.807, 2.05) is 43.3 Å². The van der Waals surface area contributed by atoms with Crippen LogP contribution in [0.25, 0.3) is 0 Å². The first-order chi connectivity index (χ1) is 16.4. The summed E-state index contributed by atoms with van der Waals surface area (Å²) in [5.74, 6) is -0.656. The average Bonchev–Trinajstić information content (AvgIpc) is 3.10. The lowest BCUT2D eigenvalue weighted by atomic mass is 10.2. The molecule has 1 fully saturated rings. The van der Waals surface area contributed by atoms with Gasteiger partial charge in [0.1, 0.15) is 5.25 Å². The van der Waals surface area contributed by atoms with Crippen molar-refractivity contribution in [3.8, 4) is 0 Å². The Morgan fingerprint density at radius 3 is 2.68 bits per heavy atom. The summed E-state index contributed by atoms with van der Waals surface area (Å²) in [4.78, 5) is 46.8. The number of amides is 2. The second kappa shape index (κ2) is 10.3. The monoisotopic (exact) mass is 475 g/mol. The predicted molar refractivity (Wildman–Crippen MR) is 131 cm³/mol. The summed E-state index contributed by atoms with van der Waals surface area (Å²) >= 11 is 1.22. The number of hydrogen-bond acceptors (Lipinski definition) is 7. The van der Waals surface area contributed by atoms with E-state index in [9.17, 15) is 19.7 Å². The number of hydrogen-bond donors (Lipinski definition) is 1. The molecule has 1 unspecified atom stereocenters. The van der Waals surface area contributed by atoms with Crippen molar-refractivity contribution >= 4 is 45.8 Å². The highest BCUT2D eigenvalue weighted by Crippen LogP contribution is 2.33. The lowest BCUT2D eigenvalue weighted by Gasteiger charge is -2.16. The molecule has 2 heterocycles. The molecule has 0 aliphatic carbocycles. The summed E-state index contributed by atoms with van der Waals surface area (Å²) < 4.78 is 0. The first-order valence-corrected chi connectivity index (χ1v) is 11.3. The molecule has 1 aliphatic heterocycles. The smallest absolute Gasteiger partial charge is 0.271 e. The van der Waals surface area contributed by atoms with Crippen molar-refractivity contribution in [2.45, 2.75) is 25.1 Å². The van der Waals surface area contributed by atoms with Gasteiger partial charge in [-0.25, -0.2) is 4.99 Å². The molecule has 3 aromatic rings. The molecular weight excluding hydrogens is 454 g/mol. The molecule has 9 nitrogen and oxygen atoms in total. The van der Waals surface area contributed by atoms with Crippen LogP contribution in [-0.2, 0) is 16.1 Å². The van der Waals surface area contributed by atoms with E-state index < -0.39 is 16.1 Å². The average molecular weight is 476 g/mol. The molecule has 0 bridgehead atoms. The van der Waals surface area contributed by atoms with Crippen molar-refractivity contribution in [3.05, 3.63) is 94.3 Å². The number of anilines is 1. The van der Waals surface area contributed by atoms with Gasteiger partial charge in [-0.05, 0) is 37.3 Å². The van der Waals surface area contributed by atoms with E-state index in [0.29, 0.717) is 22.2 Å². The molecule has 2 aromatic carbocycles. The zero-order chi connectivity index (χ0) is 24.1. The van der Waals surface area contributed by atoms with Crippen LogP contribution in [0.4, 0.5) is 17.1 Å². The highest BCUT2D eigenvalue weighted by molar-refractivity contribution is 8.15. The van der Waals surface area contributed by atoms with E-state index in [0.717, 1.165) is 5.56 Å². The van der Waals surface area contributed by atoms with Gasteiger partial charge in [-0.15, -0.1) is 0 Å². The Morgan fingerprint density at radius 1 is 1.18 bits per heavy atom. The van der Waals surface area contributed by atoms with Crippen LogP contribution in [0, 0.1) is 17.0 Å². The fourth-order valence-corrected chi connectivity index (χ4v) is 4.49. The maximum atomic E-state index is 13.2. The summed E-state index contributed by atoms with van der Waals surface area (Å²) in [6.07, 6.45) is 1.56. The van der Waals surface area contributed by atoms with Gasteiger partial charge in [0.2, 0.25) is 11.8 Å². The molecule has 1 saturated heterocycles. The van der Waals surface area contributed by atoms with Crippen LogP contribution in [0.3, 0.4) is 0 Å². The van der Waals surface area contributed by atoms with Gasteiger partial charge >= 0.3 is 0 Å². The number of aliphatic imine (C=N–C) groups is 1. The van der Waals surface area contributed by atoms with Crippen LogP contribution in [-0.4, -0.2) is 37.0 Å². The number of carbonyl (C=O) groups is 2. The quantitative estimate of drug-likeness (QED) is 0.398. The first-order valence-electron chi connectivity index (χ1n) is 10.5. The number of non-ortho nitro benzene ring substituents is 1. The minimum absolute atomic E-state index is 0.0994. The largest absolute Gasteiger partial charge is 0.326 e. The molecule has 1 aromatic heterocycles. The molecular formula is C24H21N5O4S. The first kappa shape index (κ1) is 23.1. The van der Waals surface area contributed by atoms with Gasteiger partial charge in [0.05, 0.1) is 22.8 Å². The molecule has 1 aliphatic rings. The normalized spacial score (nSPS) is 16.6. The van der Waals surface area contributed by atoms with E-state index in [1.54, 1.807) is 18.3 Å². The van der Waals surface area contributed by atoms with Crippen molar-refractivity contribution in [2.75, 3.05) is 5.32 Å². The molecule has 0 saturated carbocycles. The zero-order valence-electron chi connectivity index (χ0n) is 18.2. The van der Waals surface area contributed by atoms with Crippen LogP contribution in [0.15, 0.2) is 77.9 Å². The van der Waals surface area contributed by atoms with E-state index in [1.165, 1.54) is 34.9 Å². The van der Waals surface area contributed by atoms with E-state index >= 15 is 0 Å². The molecule has 4 rings (SSSR count). The van der Waals surface area contributed by atoms with Crippen molar-refractivity contribution in [3.63, 3.8) is 0 Å². The Labute approximate surface area is 200 Å². The van der Waals surface area contributed by atoms with Gasteiger partial charge in [-0.2, -0.15) is 0 Å². The van der Waals surface area contributed by atoms with Crippen molar-refractivity contribution in [2.24, 2.45) is 4.99 Å². The van der Waals surface area contributed by atoms with E-state index in [-0.39, 0.29) is 24.6 Å². The number of nitrogens with one attached hydrogen (secondary N) is 1. The number of nitro groups is 1. The Bertz CT molecular complexity index is 1250. The van der Waals surface area contributed by atoms with Gasteiger partial charge in [0.15, 0.2) is 5.17 Å². The summed E-state index contributed by atoms with van der Waals surface area (Å²) in [5.41, 5.74) is 2.68. The minimum Gasteiger partial charge on any atom is -0.326 e.